The lowest BCUT2D eigenvalue weighted by atomic mass is 10.0. The number of nitrogens with zero attached hydrogens (tertiary/aromatic N) is 1. The number of rotatable bonds is 13. The number of hydrogen-bond acceptors (Lipinski definition) is 6. The van der Waals surface area contributed by atoms with Crippen LogP contribution in [0.25, 0.3) is 0 Å². The zero-order chi connectivity index (χ0) is 20.1. The van der Waals surface area contributed by atoms with Gasteiger partial charge in [-0.3, -0.25) is 9.59 Å². The van der Waals surface area contributed by atoms with E-state index in [-0.39, 0.29) is 17.7 Å². The Bertz CT molecular complexity index is 617. The average Bonchev–Trinajstić information content (AvgIpc) is 2.67. The highest BCUT2D eigenvalue weighted by Gasteiger charge is 2.09. The molecule has 27 heavy (non-hydrogen) atoms. The van der Waals surface area contributed by atoms with Gasteiger partial charge in [-0.1, -0.05) is 30.6 Å². The highest BCUT2D eigenvalue weighted by molar-refractivity contribution is 6.00. The molecule has 150 valence electrons. The first-order chi connectivity index (χ1) is 13.0. The lowest BCUT2D eigenvalue weighted by molar-refractivity contribution is -0.121. The molecule has 0 aliphatic carbocycles. The van der Waals surface area contributed by atoms with Gasteiger partial charge < -0.3 is 20.7 Å². The Kier molecular flexibility index (Phi) is 10.7. The van der Waals surface area contributed by atoms with Crippen LogP contribution in [0.3, 0.4) is 0 Å². The van der Waals surface area contributed by atoms with Crippen LogP contribution in [0.4, 0.5) is 0 Å². The van der Waals surface area contributed by atoms with E-state index in [4.69, 9.17) is 16.5 Å². The topological polar surface area (TPSA) is 129 Å². The molecule has 0 heterocycles. The van der Waals surface area contributed by atoms with Crippen molar-refractivity contribution in [1.82, 2.24) is 5.32 Å². The number of carbonyl (C=O) groups excluding carboxylic acids is 2. The first-order valence-corrected chi connectivity index (χ1v) is 9.12. The summed E-state index contributed by atoms with van der Waals surface area (Å²) in [5.74, 6) is 4.39. The monoisotopic (exact) mass is 378 g/mol. The Balaban J connectivity index is 2.36. The predicted molar refractivity (Wildman–Crippen MR) is 104 cm³/mol. The summed E-state index contributed by atoms with van der Waals surface area (Å²) in [5.41, 5.74) is 7.40. The molecule has 0 spiro atoms. The molecule has 1 aromatic rings. The second-order valence-electron chi connectivity index (χ2n) is 6.37. The van der Waals surface area contributed by atoms with Crippen molar-refractivity contribution < 1.29 is 19.3 Å². The zero-order valence-corrected chi connectivity index (χ0v) is 16.1. The fourth-order valence-corrected chi connectivity index (χ4v) is 2.29. The standard InChI is InChI=1S/C19H30N4O4/c1-14(18(20)24)6-3-4-11-22-19(25)17-9-7-16(8-10-17)15(2)23-27-13-5-12-26-21/h7-10,14H,3-6,11-13,21H2,1-2H3,(H2,20,24)(H,22,25)/b23-15+/t14-/m0/s1. The highest BCUT2D eigenvalue weighted by Crippen LogP contribution is 2.08. The molecule has 5 N–H and O–H groups in total. The van der Waals surface area contributed by atoms with Crippen molar-refractivity contribution in [3.05, 3.63) is 35.4 Å². The van der Waals surface area contributed by atoms with E-state index >= 15 is 0 Å². The van der Waals surface area contributed by atoms with Crippen molar-refractivity contribution >= 4 is 17.5 Å². The molecule has 1 atom stereocenters. The largest absolute Gasteiger partial charge is 0.395 e. The summed E-state index contributed by atoms with van der Waals surface area (Å²) in [7, 11) is 0. The van der Waals surface area contributed by atoms with E-state index < -0.39 is 0 Å². The second-order valence-corrected chi connectivity index (χ2v) is 6.37. The summed E-state index contributed by atoms with van der Waals surface area (Å²) in [4.78, 5) is 32.7. The van der Waals surface area contributed by atoms with Crippen molar-refractivity contribution in [3.8, 4) is 0 Å². The van der Waals surface area contributed by atoms with Crippen molar-refractivity contribution in [3.63, 3.8) is 0 Å². The van der Waals surface area contributed by atoms with Crippen LogP contribution in [-0.4, -0.2) is 37.3 Å². The van der Waals surface area contributed by atoms with Crippen LogP contribution in [-0.2, 0) is 14.5 Å². The van der Waals surface area contributed by atoms with Gasteiger partial charge in [-0.25, -0.2) is 5.90 Å². The third kappa shape index (κ3) is 9.16. The van der Waals surface area contributed by atoms with Crippen LogP contribution >= 0.6 is 0 Å². The Morgan fingerprint density at radius 3 is 2.41 bits per heavy atom. The molecule has 0 saturated heterocycles. The normalized spacial score (nSPS) is 12.5. The number of carbonyl (C=O) groups is 2. The van der Waals surface area contributed by atoms with Crippen LogP contribution in [0.2, 0.25) is 0 Å². The fraction of sp³-hybridized carbons (Fsp3) is 0.526. The number of oxime groups is 1. The van der Waals surface area contributed by atoms with Gasteiger partial charge in [0, 0.05) is 24.4 Å². The van der Waals surface area contributed by atoms with E-state index in [1.165, 1.54) is 0 Å². The Hall–Kier alpha value is -2.45. The summed E-state index contributed by atoms with van der Waals surface area (Å²) < 4.78 is 0. The molecule has 0 unspecified atom stereocenters. The van der Waals surface area contributed by atoms with E-state index in [0.717, 1.165) is 30.5 Å². The molecule has 0 saturated carbocycles. The number of unbranched alkanes of at least 4 members (excludes halogenated alkanes) is 1. The molecular weight excluding hydrogens is 348 g/mol. The smallest absolute Gasteiger partial charge is 0.251 e. The second kappa shape index (κ2) is 12.8. The molecule has 0 bridgehead atoms. The van der Waals surface area contributed by atoms with Gasteiger partial charge in [0.2, 0.25) is 5.91 Å². The van der Waals surface area contributed by atoms with Crippen LogP contribution in [0.5, 0.6) is 0 Å². The highest BCUT2D eigenvalue weighted by atomic mass is 16.6. The Labute approximate surface area is 160 Å². The average molecular weight is 378 g/mol. The maximum Gasteiger partial charge on any atom is 0.251 e. The molecule has 0 aliphatic rings. The molecule has 8 nitrogen and oxygen atoms in total. The summed E-state index contributed by atoms with van der Waals surface area (Å²) in [6.45, 7) is 5.05. The van der Waals surface area contributed by atoms with Crippen molar-refractivity contribution in [2.75, 3.05) is 19.8 Å². The van der Waals surface area contributed by atoms with Gasteiger partial charge in [-0.05, 0) is 37.5 Å². The number of amides is 2. The van der Waals surface area contributed by atoms with Crippen LogP contribution in [0.15, 0.2) is 29.4 Å². The first kappa shape index (κ1) is 22.6. The Morgan fingerprint density at radius 1 is 1.11 bits per heavy atom. The van der Waals surface area contributed by atoms with Crippen LogP contribution < -0.4 is 16.9 Å². The van der Waals surface area contributed by atoms with E-state index in [1.54, 1.807) is 12.1 Å². The minimum Gasteiger partial charge on any atom is -0.395 e. The van der Waals surface area contributed by atoms with Gasteiger partial charge in [0.15, 0.2) is 0 Å². The molecule has 0 radical (unpaired) electrons. The Morgan fingerprint density at radius 2 is 1.78 bits per heavy atom. The van der Waals surface area contributed by atoms with Gasteiger partial charge >= 0.3 is 0 Å². The summed E-state index contributed by atoms with van der Waals surface area (Å²) >= 11 is 0. The van der Waals surface area contributed by atoms with Crippen molar-refractivity contribution in [2.24, 2.45) is 22.7 Å². The number of nitrogens with two attached hydrogens (primary N) is 2. The molecule has 1 rings (SSSR count). The summed E-state index contributed by atoms with van der Waals surface area (Å²) in [6, 6.07) is 7.16. The number of nitrogens with one attached hydrogen (secondary N) is 1. The number of primary amides is 1. The van der Waals surface area contributed by atoms with Crippen LogP contribution in [0.1, 0.15) is 55.5 Å². The van der Waals surface area contributed by atoms with Crippen molar-refractivity contribution in [2.45, 2.75) is 39.5 Å². The van der Waals surface area contributed by atoms with Gasteiger partial charge in [0.05, 0.1) is 12.3 Å². The molecule has 8 heteroatoms. The fourth-order valence-electron chi connectivity index (χ4n) is 2.29. The van der Waals surface area contributed by atoms with Gasteiger partial charge in [0.25, 0.3) is 5.91 Å². The maximum atomic E-state index is 12.1. The molecule has 2 amide bonds. The number of benzene rings is 1. The third-order valence-electron chi connectivity index (χ3n) is 4.10. The van der Waals surface area contributed by atoms with Gasteiger partial charge in [0.1, 0.15) is 6.61 Å². The minimum absolute atomic E-state index is 0.128. The van der Waals surface area contributed by atoms with Crippen molar-refractivity contribution in [1.29, 1.82) is 0 Å². The quantitative estimate of drug-likeness (QED) is 0.273. The molecule has 0 fully saturated rings. The van der Waals surface area contributed by atoms with Crippen LogP contribution in [0, 0.1) is 5.92 Å². The van der Waals surface area contributed by atoms with E-state index in [2.05, 4.69) is 15.3 Å². The van der Waals surface area contributed by atoms with E-state index in [9.17, 15) is 9.59 Å². The number of hydrogen-bond donors (Lipinski definition) is 3. The van der Waals surface area contributed by atoms with E-state index in [0.29, 0.717) is 31.7 Å². The minimum atomic E-state index is -0.284. The zero-order valence-electron chi connectivity index (χ0n) is 16.1. The molecule has 0 aliphatic heterocycles. The van der Waals surface area contributed by atoms with E-state index in [1.807, 2.05) is 26.0 Å². The molecule has 1 aromatic carbocycles. The predicted octanol–water partition coefficient (Wildman–Crippen LogP) is 1.73. The summed E-state index contributed by atoms with van der Waals surface area (Å²) in [5, 5.41) is 6.90. The SMILES string of the molecule is C/C(=N\OCCCON)c1ccc(C(=O)NCCCC[C@H](C)C(N)=O)cc1. The van der Waals surface area contributed by atoms with Gasteiger partial charge in [-0.2, -0.15) is 0 Å². The van der Waals surface area contributed by atoms with Gasteiger partial charge in [-0.15, -0.1) is 0 Å². The maximum absolute atomic E-state index is 12.1. The lowest BCUT2D eigenvalue weighted by Crippen LogP contribution is -2.25. The molecular formula is C19H30N4O4. The lowest BCUT2D eigenvalue weighted by Gasteiger charge is -2.08. The molecule has 0 aromatic heterocycles. The summed E-state index contributed by atoms with van der Waals surface area (Å²) in [6.07, 6.45) is 3.05. The first-order valence-electron chi connectivity index (χ1n) is 9.12. The third-order valence-corrected chi connectivity index (χ3v) is 4.10.